The van der Waals surface area contributed by atoms with Gasteiger partial charge in [-0.15, -0.1) is 0 Å². The number of hydrogen-bond acceptors (Lipinski definition) is 7. The van der Waals surface area contributed by atoms with E-state index in [1.54, 1.807) is 11.0 Å². The first-order chi connectivity index (χ1) is 19.7. The van der Waals surface area contributed by atoms with E-state index in [0.29, 0.717) is 24.9 Å². The van der Waals surface area contributed by atoms with Crippen molar-refractivity contribution in [1.29, 1.82) is 0 Å². The molecule has 0 aliphatic carbocycles. The third-order valence-corrected chi connectivity index (χ3v) is 7.41. The first-order valence-electron chi connectivity index (χ1n) is 13.8. The largest absolute Gasteiger partial charge is 0.494 e. The van der Waals surface area contributed by atoms with Crippen LogP contribution in [0.5, 0.6) is 5.75 Å². The molecule has 3 aromatic rings. The second kappa shape index (κ2) is 11.9. The molecule has 13 heteroatoms. The van der Waals surface area contributed by atoms with Crippen LogP contribution in [0.4, 0.5) is 17.6 Å². The molecule has 42 heavy (non-hydrogen) atoms. The van der Waals surface area contributed by atoms with E-state index in [1.807, 2.05) is 13.8 Å². The second-order valence-electron chi connectivity index (χ2n) is 10.9. The lowest BCUT2D eigenvalue weighted by Crippen LogP contribution is -2.53. The molecule has 2 aromatic heterocycles. The van der Waals surface area contributed by atoms with Crippen molar-refractivity contribution in [3.8, 4) is 17.2 Å². The molecule has 0 bridgehead atoms. The van der Waals surface area contributed by atoms with Crippen LogP contribution in [0.3, 0.4) is 0 Å². The predicted octanol–water partition coefficient (Wildman–Crippen LogP) is 5.36. The fourth-order valence-electron chi connectivity index (χ4n) is 5.37. The van der Waals surface area contributed by atoms with Crippen LogP contribution >= 0.6 is 0 Å². The van der Waals surface area contributed by atoms with E-state index in [2.05, 4.69) is 9.97 Å². The van der Waals surface area contributed by atoms with Gasteiger partial charge in [-0.2, -0.15) is 13.2 Å². The third kappa shape index (κ3) is 6.06. The minimum atomic E-state index is -4.66. The number of halogens is 4. The van der Waals surface area contributed by atoms with Crippen molar-refractivity contribution < 1.29 is 36.3 Å². The fraction of sp³-hybridized carbons (Fsp3) is 0.517. The van der Waals surface area contributed by atoms with Crippen LogP contribution < -0.4 is 10.5 Å². The SMILES string of the molecule is CCCC(C)N(C(=O)C(C)(C)F)C1CCN(C(=O)c2nc(-c3ccc(OC)c4nc(C(F)(F)F)ccc34)oc2CN)C1. The molecule has 9 nitrogen and oxygen atoms in total. The van der Waals surface area contributed by atoms with Crippen LogP contribution in [-0.2, 0) is 17.5 Å². The summed E-state index contributed by atoms with van der Waals surface area (Å²) in [5.74, 6) is -0.894. The van der Waals surface area contributed by atoms with Crippen LogP contribution in [0.2, 0.25) is 0 Å². The maximum absolute atomic E-state index is 14.7. The Kier molecular flexibility index (Phi) is 8.81. The molecule has 4 rings (SSSR count). The van der Waals surface area contributed by atoms with Gasteiger partial charge in [0.1, 0.15) is 17.0 Å². The molecule has 0 spiro atoms. The Hall–Kier alpha value is -3.74. The number of amides is 2. The number of fused-ring (bicyclic) bond motifs is 1. The Bertz CT molecular complexity index is 1470. The maximum atomic E-state index is 14.7. The van der Waals surface area contributed by atoms with E-state index >= 15 is 0 Å². The minimum Gasteiger partial charge on any atom is -0.494 e. The van der Waals surface area contributed by atoms with Crippen LogP contribution in [0.15, 0.2) is 28.7 Å². The molecule has 1 fully saturated rings. The lowest BCUT2D eigenvalue weighted by atomic mass is 10.0. The fourth-order valence-corrected chi connectivity index (χ4v) is 5.37. The number of rotatable bonds is 9. The van der Waals surface area contributed by atoms with Gasteiger partial charge in [-0.1, -0.05) is 13.3 Å². The molecule has 1 aliphatic heterocycles. The van der Waals surface area contributed by atoms with Gasteiger partial charge in [0, 0.05) is 30.1 Å². The normalized spacial score (nSPS) is 16.6. The first kappa shape index (κ1) is 31.2. The van der Waals surface area contributed by atoms with E-state index < -0.39 is 29.4 Å². The zero-order valence-corrected chi connectivity index (χ0v) is 24.2. The van der Waals surface area contributed by atoms with Gasteiger partial charge in [0.2, 0.25) is 5.89 Å². The molecular formula is C29H35F4N5O4. The van der Waals surface area contributed by atoms with E-state index in [4.69, 9.17) is 14.9 Å². The zero-order chi connectivity index (χ0) is 31.0. The predicted molar refractivity (Wildman–Crippen MR) is 147 cm³/mol. The number of alkyl halides is 4. The Labute approximate surface area is 241 Å². The maximum Gasteiger partial charge on any atom is 0.433 e. The number of nitrogens with two attached hydrogens (primary N) is 1. The molecule has 3 heterocycles. The summed E-state index contributed by atoms with van der Waals surface area (Å²) in [6.07, 6.45) is -2.71. The third-order valence-electron chi connectivity index (χ3n) is 7.41. The number of pyridine rings is 1. The molecule has 1 saturated heterocycles. The summed E-state index contributed by atoms with van der Waals surface area (Å²) in [6.45, 7) is 6.64. The van der Waals surface area contributed by atoms with Gasteiger partial charge in [0.15, 0.2) is 17.1 Å². The highest BCUT2D eigenvalue weighted by Crippen LogP contribution is 2.37. The summed E-state index contributed by atoms with van der Waals surface area (Å²) in [6, 6.07) is 4.49. The molecular weight excluding hydrogens is 558 g/mol. The highest BCUT2D eigenvalue weighted by Gasteiger charge is 2.42. The first-order valence-corrected chi connectivity index (χ1v) is 13.8. The van der Waals surface area contributed by atoms with Crippen LogP contribution in [0, 0.1) is 0 Å². The Balaban J connectivity index is 1.66. The molecule has 0 saturated carbocycles. The van der Waals surface area contributed by atoms with E-state index in [-0.39, 0.29) is 59.2 Å². The molecule has 1 aliphatic rings. The Morgan fingerprint density at radius 3 is 2.50 bits per heavy atom. The number of hydrogen-bond donors (Lipinski definition) is 1. The quantitative estimate of drug-likeness (QED) is 0.333. The van der Waals surface area contributed by atoms with Gasteiger partial charge in [0.05, 0.1) is 19.7 Å². The molecule has 228 valence electrons. The topological polar surface area (TPSA) is 115 Å². The van der Waals surface area contributed by atoms with Crippen molar-refractivity contribution in [2.24, 2.45) is 5.73 Å². The van der Waals surface area contributed by atoms with Crippen molar-refractivity contribution in [2.75, 3.05) is 20.2 Å². The average molecular weight is 594 g/mol. The van der Waals surface area contributed by atoms with Crippen LogP contribution in [-0.4, -0.2) is 69.5 Å². The molecule has 2 N–H and O–H groups in total. The number of aromatic nitrogens is 2. The van der Waals surface area contributed by atoms with Gasteiger partial charge >= 0.3 is 6.18 Å². The van der Waals surface area contributed by atoms with Gasteiger partial charge < -0.3 is 24.7 Å². The summed E-state index contributed by atoms with van der Waals surface area (Å²) in [5.41, 5.74) is 2.95. The zero-order valence-electron chi connectivity index (χ0n) is 24.2. The van der Waals surface area contributed by atoms with Gasteiger partial charge in [-0.3, -0.25) is 9.59 Å². The Morgan fingerprint density at radius 2 is 1.90 bits per heavy atom. The van der Waals surface area contributed by atoms with E-state index in [1.165, 1.54) is 38.0 Å². The van der Waals surface area contributed by atoms with Crippen molar-refractivity contribution in [1.82, 2.24) is 19.8 Å². The second-order valence-corrected chi connectivity index (χ2v) is 10.9. The number of carbonyl (C=O) groups is 2. The number of carbonyl (C=O) groups excluding carboxylic acids is 2. The number of nitrogens with zero attached hydrogens (tertiary/aromatic N) is 4. The summed E-state index contributed by atoms with van der Waals surface area (Å²) < 4.78 is 65.8. The summed E-state index contributed by atoms with van der Waals surface area (Å²) in [5, 5.41) is 0.278. The molecule has 0 radical (unpaired) electrons. The van der Waals surface area contributed by atoms with E-state index in [0.717, 1.165) is 12.5 Å². The molecule has 2 atom stereocenters. The standard InChI is InChI=1S/C29H35F4N5O4/c1-6-7-16(2)38(27(40)28(3,4)30)17-12-13-37(15-17)26(39)24-21(14-34)42-25(36-24)19-8-10-20(41-5)23-18(19)9-11-22(35-23)29(31,32)33/h8-11,16-17H,6-7,12-15,34H2,1-5H3. The number of methoxy groups -OCH3 is 1. The smallest absolute Gasteiger partial charge is 0.433 e. The molecule has 1 aromatic carbocycles. The highest BCUT2D eigenvalue weighted by atomic mass is 19.4. The summed E-state index contributed by atoms with van der Waals surface area (Å²) in [4.78, 5) is 37.9. The average Bonchev–Trinajstić information content (AvgIpc) is 3.59. The molecule has 2 amide bonds. The van der Waals surface area contributed by atoms with Gasteiger partial charge in [0.25, 0.3) is 11.8 Å². The lowest BCUT2D eigenvalue weighted by molar-refractivity contribution is -0.146. The molecule has 2 unspecified atom stereocenters. The monoisotopic (exact) mass is 593 g/mol. The van der Waals surface area contributed by atoms with Crippen LogP contribution in [0.25, 0.3) is 22.4 Å². The van der Waals surface area contributed by atoms with Gasteiger partial charge in [-0.25, -0.2) is 14.4 Å². The van der Waals surface area contributed by atoms with Crippen LogP contribution in [0.1, 0.15) is 68.9 Å². The van der Waals surface area contributed by atoms with Crippen molar-refractivity contribution in [3.63, 3.8) is 0 Å². The summed E-state index contributed by atoms with van der Waals surface area (Å²) >= 11 is 0. The van der Waals surface area contributed by atoms with Gasteiger partial charge in [-0.05, 0) is 57.9 Å². The number of benzene rings is 1. The number of likely N-dealkylation sites (tertiary alicyclic amines) is 1. The number of ether oxygens (including phenoxy) is 1. The van der Waals surface area contributed by atoms with Crippen molar-refractivity contribution in [2.45, 2.75) is 77.4 Å². The number of oxazole rings is 1. The minimum absolute atomic E-state index is 0.0173. The lowest BCUT2D eigenvalue weighted by Gasteiger charge is -2.37. The highest BCUT2D eigenvalue weighted by molar-refractivity contribution is 5.98. The van der Waals surface area contributed by atoms with Crippen molar-refractivity contribution in [3.05, 3.63) is 41.4 Å². The van der Waals surface area contributed by atoms with Crippen molar-refractivity contribution >= 4 is 22.7 Å². The summed E-state index contributed by atoms with van der Waals surface area (Å²) in [7, 11) is 1.32. The van der Waals surface area contributed by atoms with E-state index in [9.17, 15) is 27.2 Å². The Morgan fingerprint density at radius 1 is 1.19 bits per heavy atom.